The van der Waals surface area contributed by atoms with Gasteiger partial charge >= 0.3 is 0 Å². The SMILES string of the molecule is Nc1ccc(Oc2ccccc2OCCCC2CCCCN2)cc1N. The van der Waals surface area contributed by atoms with Crippen molar-refractivity contribution in [1.82, 2.24) is 5.32 Å². The van der Waals surface area contributed by atoms with Crippen molar-refractivity contribution in [1.29, 1.82) is 0 Å². The third-order valence-electron chi connectivity index (χ3n) is 4.50. The molecule has 0 amide bonds. The summed E-state index contributed by atoms with van der Waals surface area (Å²) in [5.41, 5.74) is 12.6. The summed E-state index contributed by atoms with van der Waals surface area (Å²) in [4.78, 5) is 0. The molecule has 5 nitrogen and oxygen atoms in total. The lowest BCUT2D eigenvalue weighted by Gasteiger charge is -2.23. The van der Waals surface area contributed by atoms with Gasteiger partial charge in [0.25, 0.3) is 0 Å². The summed E-state index contributed by atoms with van der Waals surface area (Å²) >= 11 is 0. The molecule has 0 spiro atoms. The second-order valence-electron chi connectivity index (χ2n) is 6.48. The Hall–Kier alpha value is -2.40. The van der Waals surface area contributed by atoms with E-state index in [-0.39, 0.29) is 0 Å². The highest BCUT2D eigenvalue weighted by molar-refractivity contribution is 5.65. The summed E-state index contributed by atoms with van der Waals surface area (Å²) in [5, 5.41) is 3.57. The molecule has 134 valence electrons. The molecule has 3 rings (SSSR count). The molecule has 1 saturated heterocycles. The fourth-order valence-corrected chi connectivity index (χ4v) is 3.08. The van der Waals surface area contributed by atoms with Crippen LogP contribution in [-0.2, 0) is 0 Å². The molecule has 1 atom stereocenters. The van der Waals surface area contributed by atoms with Gasteiger partial charge in [0.15, 0.2) is 11.5 Å². The predicted molar refractivity (Wildman–Crippen MR) is 102 cm³/mol. The van der Waals surface area contributed by atoms with Gasteiger partial charge in [0, 0.05) is 12.1 Å². The molecular formula is C20H27N3O2. The van der Waals surface area contributed by atoms with E-state index >= 15 is 0 Å². The smallest absolute Gasteiger partial charge is 0.169 e. The van der Waals surface area contributed by atoms with Gasteiger partial charge in [-0.15, -0.1) is 0 Å². The Morgan fingerprint density at radius 2 is 1.84 bits per heavy atom. The molecule has 1 aliphatic heterocycles. The lowest BCUT2D eigenvalue weighted by atomic mass is 10.0. The molecule has 1 unspecified atom stereocenters. The van der Waals surface area contributed by atoms with E-state index in [0.717, 1.165) is 25.1 Å². The molecule has 0 saturated carbocycles. The lowest BCUT2D eigenvalue weighted by Crippen LogP contribution is -2.34. The standard InChI is InChI=1S/C20H27N3O2/c21-17-11-10-16(14-18(17)22)25-20-9-2-1-8-19(20)24-13-5-7-15-6-3-4-12-23-15/h1-2,8-11,14-15,23H,3-7,12-13,21-22H2. The number of para-hydroxylation sites is 2. The summed E-state index contributed by atoms with van der Waals surface area (Å²) in [6.07, 6.45) is 6.09. The number of hydrogen-bond donors (Lipinski definition) is 3. The Labute approximate surface area is 149 Å². The third-order valence-corrected chi connectivity index (χ3v) is 4.50. The number of nitrogens with two attached hydrogens (primary N) is 2. The molecule has 5 N–H and O–H groups in total. The number of piperidine rings is 1. The molecule has 0 aromatic heterocycles. The molecule has 2 aromatic rings. The zero-order valence-electron chi connectivity index (χ0n) is 14.5. The number of nitrogen functional groups attached to an aromatic ring is 2. The second kappa shape index (κ2) is 8.62. The van der Waals surface area contributed by atoms with E-state index in [0.29, 0.717) is 35.5 Å². The average molecular weight is 341 g/mol. The van der Waals surface area contributed by atoms with Gasteiger partial charge in [0.1, 0.15) is 5.75 Å². The highest BCUT2D eigenvalue weighted by atomic mass is 16.5. The maximum atomic E-state index is 5.95. The highest BCUT2D eigenvalue weighted by Gasteiger charge is 2.12. The van der Waals surface area contributed by atoms with E-state index in [4.69, 9.17) is 20.9 Å². The minimum absolute atomic E-state index is 0.510. The van der Waals surface area contributed by atoms with Crippen molar-refractivity contribution in [2.75, 3.05) is 24.6 Å². The van der Waals surface area contributed by atoms with Gasteiger partial charge in [-0.2, -0.15) is 0 Å². The number of rotatable bonds is 7. The Morgan fingerprint density at radius 1 is 1.00 bits per heavy atom. The average Bonchev–Trinajstić information content (AvgIpc) is 2.64. The molecular weight excluding hydrogens is 314 g/mol. The van der Waals surface area contributed by atoms with Gasteiger partial charge in [-0.1, -0.05) is 18.6 Å². The lowest BCUT2D eigenvalue weighted by molar-refractivity contribution is 0.276. The van der Waals surface area contributed by atoms with E-state index in [1.165, 1.54) is 19.3 Å². The number of ether oxygens (including phenoxy) is 2. The summed E-state index contributed by atoms with van der Waals surface area (Å²) in [7, 11) is 0. The zero-order valence-corrected chi connectivity index (χ0v) is 14.5. The van der Waals surface area contributed by atoms with Gasteiger partial charge in [-0.3, -0.25) is 0 Å². The molecule has 5 heteroatoms. The van der Waals surface area contributed by atoms with Crippen LogP contribution in [0.3, 0.4) is 0 Å². The van der Waals surface area contributed by atoms with Crippen LogP contribution >= 0.6 is 0 Å². The Morgan fingerprint density at radius 3 is 2.60 bits per heavy atom. The number of anilines is 2. The largest absolute Gasteiger partial charge is 0.490 e. The molecule has 1 fully saturated rings. The van der Waals surface area contributed by atoms with Crippen LogP contribution in [0, 0.1) is 0 Å². The van der Waals surface area contributed by atoms with E-state index < -0.39 is 0 Å². The van der Waals surface area contributed by atoms with Crippen LogP contribution in [-0.4, -0.2) is 19.2 Å². The molecule has 25 heavy (non-hydrogen) atoms. The fourth-order valence-electron chi connectivity index (χ4n) is 3.08. The normalized spacial score (nSPS) is 17.2. The first kappa shape index (κ1) is 17.4. The van der Waals surface area contributed by atoms with Crippen LogP contribution in [0.1, 0.15) is 32.1 Å². The van der Waals surface area contributed by atoms with Gasteiger partial charge in [-0.25, -0.2) is 0 Å². The van der Waals surface area contributed by atoms with Gasteiger partial charge in [0.2, 0.25) is 0 Å². The molecule has 0 aliphatic carbocycles. The quantitative estimate of drug-likeness (QED) is 0.525. The number of benzene rings is 2. The van der Waals surface area contributed by atoms with Gasteiger partial charge < -0.3 is 26.3 Å². The van der Waals surface area contributed by atoms with Crippen molar-refractivity contribution in [3.63, 3.8) is 0 Å². The molecule has 1 heterocycles. The maximum Gasteiger partial charge on any atom is 0.169 e. The fraction of sp³-hybridized carbons (Fsp3) is 0.400. The van der Waals surface area contributed by atoms with Crippen LogP contribution in [0.4, 0.5) is 11.4 Å². The van der Waals surface area contributed by atoms with Gasteiger partial charge in [-0.05, 0) is 56.5 Å². The van der Waals surface area contributed by atoms with Crippen molar-refractivity contribution in [2.24, 2.45) is 0 Å². The second-order valence-corrected chi connectivity index (χ2v) is 6.48. The van der Waals surface area contributed by atoms with Crippen LogP contribution in [0.15, 0.2) is 42.5 Å². The Kier molecular flexibility index (Phi) is 6.01. The van der Waals surface area contributed by atoms with Crippen molar-refractivity contribution in [3.05, 3.63) is 42.5 Å². The van der Waals surface area contributed by atoms with E-state index in [1.807, 2.05) is 24.3 Å². The topological polar surface area (TPSA) is 82.5 Å². The van der Waals surface area contributed by atoms with Gasteiger partial charge in [0.05, 0.1) is 18.0 Å². The summed E-state index contributed by atoms with van der Waals surface area (Å²) in [6, 6.07) is 13.6. The maximum absolute atomic E-state index is 5.95. The van der Waals surface area contributed by atoms with Crippen molar-refractivity contribution in [2.45, 2.75) is 38.1 Å². The number of hydrogen-bond acceptors (Lipinski definition) is 5. The first-order valence-corrected chi connectivity index (χ1v) is 9.00. The Bertz CT molecular complexity index is 684. The van der Waals surface area contributed by atoms with E-state index in [1.54, 1.807) is 18.2 Å². The van der Waals surface area contributed by atoms with Crippen LogP contribution in [0.2, 0.25) is 0 Å². The van der Waals surface area contributed by atoms with Crippen LogP contribution in [0.25, 0.3) is 0 Å². The van der Waals surface area contributed by atoms with Crippen molar-refractivity contribution < 1.29 is 9.47 Å². The summed E-state index contributed by atoms with van der Waals surface area (Å²) in [6.45, 7) is 1.83. The highest BCUT2D eigenvalue weighted by Crippen LogP contribution is 2.33. The molecule has 0 bridgehead atoms. The first-order chi connectivity index (χ1) is 12.2. The minimum Gasteiger partial charge on any atom is -0.490 e. The summed E-state index contributed by atoms with van der Waals surface area (Å²) in [5.74, 6) is 2.08. The van der Waals surface area contributed by atoms with E-state index in [9.17, 15) is 0 Å². The summed E-state index contributed by atoms with van der Waals surface area (Å²) < 4.78 is 11.9. The van der Waals surface area contributed by atoms with Crippen molar-refractivity contribution >= 4 is 11.4 Å². The monoisotopic (exact) mass is 341 g/mol. The minimum atomic E-state index is 0.510. The van der Waals surface area contributed by atoms with Crippen molar-refractivity contribution in [3.8, 4) is 17.2 Å². The number of nitrogens with one attached hydrogen (secondary N) is 1. The predicted octanol–water partition coefficient (Wildman–Crippen LogP) is 3.94. The molecule has 1 aliphatic rings. The Balaban J connectivity index is 1.54. The van der Waals surface area contributed by atoms with Crippen LogP contribution in [0.5, 0.6) is 17.2 Å². The van der Waals surface area contributed by atoms with Crippen LogP contribution < -0.4 is 26.3 Å². The van der Waals surface area contributed by atoms with E-state index in [2.05, 4.69) is 5.32 Å². The zero-order chi connectivity index (χ0) is 17.5. The first-order valence-electron chi connectivity index (χ1n) is 9.00. The molecule has 0 radical (unpaired) electrons. The third kappa shape index (κ3) is 5.03. The molecule has 2 aromatic carbocycles.